The topological polar surface area (TPSA) is 49.8 Å². The van der Waals surface area contributed by atoms with Gasteiger partial charge in [-0.2, -0.15) is 0 Å². The number of rotatable bonds is 4. The fraction of sp³-hybridized carbons (Fsp3) is 0.278. The highest BCUT2D eigenvalue weighted by Gasteiger charge is 2.11. The number of hydrogen-bond donors (Lipinski definition) is 1. The fourth-order valence-corrected chi connectivity index (χ4v) is 2.70. The molecule has 1 aliphatic rings. The van der Waals surface area contributed by atoms with Crippen LogP contribution in [0.3, 0.4) is 0 Å². The lowest BCUT2D eigenvalue weighted by atomic mass is 10.0. The predicted octanol–water partition coefficient (Wildman–Crippen LogP) is 2.88. The Morgan fingerprint density at radius 2 is 1.73 bits per heavy atom. The van der Waals surface area contributed by atoms with E-state index in [9.17, 15) is 4.79 Å². The van der Waals surface area contributed by atoms with Crippen molar-refractivity contribution in [1.29, 1.82) is 0 Å². The molecular formula is C18H19NO3. The summed E-state index contributed by atoms with van der Waals surface area (Å²) in [6, 6.07) is 15.4. The van der Waals surface area contributed by atoms with E-state index in [0.717, 1.165) is 44.0 Å². The Bertz CT molecular complexity index is 663. The summed E-state index contributed by atoms with van der Waals surface area (Å²) in [5.74, 6) is -0.897. The van der Waals surface area contributed by atoms with Crippen molar-refractivity contribution in [3.05, 3.63) is 59.7 Å². The smallest absolute Gasteiger partial charge is 0.335 e. The lowest BCUT2D eigenvalue weighted by Gasteiger charge is -2.26. The average molecular weight is 297 g/mol. The van der Waals surface area contributed by atoms with Gasteiger partial charge in [0, 0.05) is 19.6 Å². The average Bonchev–Trinajstić information content (AvgIpc) is 2.56. The van der Waals surface area contributed by atoms with Gasteiger partial charge in [0.25, 0.3) is 0 Å². The molecule has 4 nitrogen and oxygen atoms in total. The van der Waals surface area contributed by atoms with Crippen LogP contribution in [0.5, 0.6) is 0 Å². The fourth-order valence-electron chi connectivity index (χ4n) is 2.70. The molecule has 0 spiro atoms. The van der Waals surface area contributed by atoms with Crippen LogP contribution in [0.1, 0.15) is 15.9 Å². The first kappa shape index (κ1) is 14.8. The van der Waals surface area contributed by atoms with Crippen LogP contribution in [0.25, 0.3) is 11.1 Å². The number of nitrogens with zero attached hydrogens (tertiary/aromatic N) is 1. The minimum absolute atomic E-state index is 0.316. The third kappa shape index (κ3) is 3.53. The van der Waals surface area contributed by atoms with Crippen molar-refractivity contribution >= 4 is 5.97 Å². The Labute approximate surface area is 130 Å². The predicted molar refractivity (Wildman–Crippen MR) is 84.9 cm³/mol. The van der Waals surface area contributed by atoms with Gasteiger partial charge in [-0.05, 0) is 34.9 Å². The van der Waals surface area contributed by atoms with E-state index in [2.05, 4.69) is 17.0 Å². The van der Waals surface area contributed by atoms with Gasteiger partial charge in [0.2, 0.25) is 0 Å². The number of ether oxygens (including phenoxy) is 1. The molecule has 0 aliphatic carbocycles. The quantitative estimate of drug-likeness (QED) is 0.942. The van der Waals surface area contributed by atoms with Crippen LogP contribution in [-0.2, 0) is 11.3 Å². The summed E-state index contributed by atoms with van der Waals surface area (Å²) in [6.45, 7) is 4.40. The van der Waals surface area contributed by atoms with E-state index in [1.165, 1.54) is 5.56 Å². The summed E-state index contributed by atoms with van der Waals surface area (Å²) in [5.41, 5.74) is 3.54. The number of carboxylic acid groups (broad SMARTS) is 1. The molecule has 1 fully saturated rings. The first-order valence-corrected chi connectivity index (χ1v) is 7.45. The van der Waals surface area contributed by atoms with E-state index in [-0.39, 0.29) is 0 Å². The van der Waals surface area contributed by atoms with E-state index in [0.29, 0.717) is 5.56 Å². The van der Waals surface area contributed by atoms with Crippen LogP contribution in [0.15, 0.2) is 48.5 Å². The number of hydrogen-bond acceptors (Lipinski definition) is 3. The molecule has 0 unspecified atom stereocenters. The highest BCUT2D eigenvalue weighted by molar-refractivity contribution is 5.89. The summed E-state index contributed by atoms with van der Waals surface area (Å²) < 4.78 is 5.37. The van der Waals surface area contributed by atoms with E-state index in [1.807, 2.05) is 18.2 Å². The van der Waals surface area contributed by atoms with Crippen molar-refractivity contribution in [3.8, 4) is 11.1 Å². The molecule has 0 amide bonds. The highest BCUT2D eigenvalue weighted by Crippen LogP contribution is 2.22. The van der Waals surface area contributed by atoms with Crippen LogP contribution in [0, 0.1) is 0 Å². The number of carbonyl (C=O) groups is 1. The largest absolute Gasteiger partial charge is 0.478 e. The molecule has 0 radical (unpaired) electrons. The zero-order chi connectivity index (χ0) is 15.4. The summed E-state index contributed by atoms with van der Waals surface area (Å²) >= 11 is 0. The van der Waals surface area contributed by atoms with Crippen molar-refractivity contribution in [3.63, 3.8) is 0 Å². The zero-order valence-electron chi connectivity index (χ0n) is 12.4. The van der Waals surface area contributed by atoms with E-state index in [1.54, 1.807) is 18.2 Å². The van der Waals surface area contributed by atoms with Gasteiger partial charge in [-0.3, -0.25) is 4.90 Å². The van der Waals surface area contributed by atoms with Gasteiger partial charge in [-0.25, -0.2) is 4.79 Å². The Morgan fingerprint density at radius 3 is 2.45 bits per heavy atom. The van der Waals surface area contributed by atoms with Crippen molar-refractivity contribution in [2.24, 2.45) is 0 Å². The second kappa shape index (κ2) is 6.73. The molecule has 1 aliphatic heterocycles. The summed E-state index contributed by atoms with van der Waals surface area (Å²) in [7, 11) is 0. The molecule has 2 aromatic rings. The molecule has 22 heavy (non-hydrogen) atoms. The van der Waals surface area contributed by atoms with E-state index in [4.69, 9.17) is 9.84 Å². The SMILES string of the molecule is O=C(O)c1cccc(-c2cccc(CN3CCOCC3)c2)c1. The van der Waals surface area contributed by atoms with Crippen molar-refractivity contribution in [1.82, 2.24) is 4.90 Å². The molecule has 0 aromatic heterocycles. The summed E-state index contributed by atoms with van der Waals surface area (Å²) in [5, 5.41) is 9.11. The maximum absolute atomic E-state index is 11.1. The van der Waals surface area contributed by atoms with Crippen LogP contribution >= 0.6 is 0 Å². The second-order valence-electron chi connectivity index (χ2n) is 5.47. The Hall–Kier alpha value is -2.17. The molecule has 1 N–H and O–H groups in total. The van der Waals surface area contributed by atoms with Crippen molar-refractivity contribution in [2.75, 3.05) is 26.3 Å². The first-order chi connectivity index (χ1) is 10.7. The third-order valence-electron chi connectivity index (χ3n) is 3.88. The first-order valence-electron chi connectivity index (χ1n) is 7.45. The van der Waals surface area contributed by atoms with Crippen LogP contribution in [0.2, 0.25) is 0 Å². The van der Waals surface area contributed by atoms with Gasteiger partial charge in [-0.15, -0.1) is 0 Å². The standard InChI is InChI=1S/C18H19NO3/c20-18(21)17-6-2-5-16(12-17)15-4-1-3-14(11-15)13-19-7-9-22-10-8-19/h1-6,11-12H,7-10,13H2,(H,20,21). The minimum atomic E-state index is -0.897. The van der Waals surface area contributed by atoms with Crippen LogP contribution in [-0.4, -0.2) is 42.3 Å². The summed E-state index contributed by atoms with van der Waals surface area (Å²) in [4.78, 5) is 13.5. The molecule has 3 rings (SSSR count). The monoisotopic (exact) mass is 297 g/mol. The van der Waals surface area contributed by atoms with Crippen LogP contribution in [0.4, 0.5) is 0 Å². The van der Waals surface area contributed by atoms with Crippen molar-refractivity contribution in [2.45, 2.75) is 6.54 Å². The number of carboxylic acids is 1. The lowest BCUT2D eigenvalue weighted by Crippen LogP contribution is -2.35. The molecular weight excluding hydrogens is 278 g/mol. The molecule has 1 heterocycles. The molecule has 114 valence electrons. The number of aromatic carboxylic acids is 1. The highest BCUT2D eigenvalue weighted by atomic mass is 16.5. The van der Waals surface area contributed by atoms with E-state index >= 15 is 0 Å². The number of morpholine rings is 1. The Balaban J connectivity index is 1.81. The lowest BCUT2D eigenvalue weighted by molar-refractivity contribution is 0.0342. The van der Waals surface area contributed by atoms with Gasteiger partial charge >= 0.3 is 5.97 Å². The molecule has 2 aromatic carbocycles. The van der Waals surface area contributed by atoms with Crippen molar-refractivity contribution < 1.29 is 14.6 Å². The maximum atomic E-state index is 11.1. The summed E-state index contributed by atoms with van der Waals surface area (Å²) in [6.07, 6.45) is 0. The Morgan fingerprint density at radius 1 is 1.05 bits per heavy atom. The van der Waals surface area contributed by atoms with Crippen LogP contribution < -0.4 is 0 Å². The van der Waals surface area contributed by atoms with E-state index < -0.39 is 5.97 Å². The second-order valence-corrected chi connectivity index (χ2v) is 5.47. The van der Waals surface area contributed by atoms with Gasteiger partial charge in [0.05, 0.1) is 18.8 Å². The molecule has 0 bridgehead atoms. The Kier molecular flexibility index (Phi) is 4.51. The van der Waals surface area contributed by atoms with Gasteiger partial charge in [-0.1, -0.05) is 30.3 Å². The number of benzene rings is 2. The molecule has 0 saturated carbocycles. The zero-order valence-corrected chi connectivity index (χ0v) is 12.4. The molecule has 1 saturated heterocycles. The van der Waals surface area contributed by atoms with Gasteiger partial charge in [0.1, 0.15) is 0 Å². The third-order valence-corrected chi connectivity index (χ3v) is 3.88. The van der Waals surface area contributed by atoms with Gasteiger partial charge in [0.15, 0.2) is 0 Å². The molecule has 4 heteroatoms. The maximum Gasteiger partial charge on any atom is 0.335 e. The van der Waals surface area contributed by atoms with Gasteiger partial charge < -0.3 is 9.84 Å². The molecule has 0 atom stereocenters. The normalized spacial score (nSPS) is 15.6. The minimum Gasteiger partial charge on any atom is -0.478 e.